The van der Waals surface area contributed by atoms with Gasteiger partial charge < -0.3 is 0 Å². The molecule has 0 amide bonds. The molecular weight excluding hydrogens is 527 g/mol. The highest BCUT2D eigenvalue weighted by atomic mass is 32.2. The molecule has 2 aromatic rings. The fourth-order valence-corrected chi connectivity index (χ4v) is 8.49. The Labute approximate surface area is 217 Å². The number of aryl methyl sites for hydroxylation is 1. The summed E-state index contributed by atoms with van der Waals surface area (Å²) in [6.07, 6.45) is 3.51. The van der Waals surface area contributed by atoms with Crippen LogP contribution in [0, 0.1) is 23.5 Å². The average Bonchev–Trinajstić information content (AvgIpc) is 3.41. The number of halogens is 5. The van der Waals surface area contributed by atoms with Crippen LogP contribution in [0.2, 0.25) is 0 Å². The van der Waals surface area contributed by atoms with Crippen LogP contribution < -0.4 is 4.72 Å². The van der Waals surface area contributed by atoms with Crippen LogP contribution in [-0.4, -0.2) is 47.3 Å². The van der Waals surface area contributed by atoms with Crippen molar-refractivity contribution in [3.63, 3.8) is 0 Å². The monoisotopic (exact) mass is 554 g/mol. The fraction of sp³-hybridized carbons (Fsp3) is 0.500. The zero-order valence-corrected chi connectivity index (χ0v) is 21.4. The summed E-state index contributed by atoms with van der Waals surface area (Å²) in [5, 5.41) is 4.56. The van der Waals surface area contributed by atoms with Crippen molar-refractivity contribution in [2.24, 2.45) is 18.9 Å². The molecule has 12 heteroatoms. The summed E-state index contributed by atoms with van der Waals surface area (Å²) in [6.45, 7) is -1.99. The molecule has 1 saturated carbocycles. The second kappa shape index (κ2) is 8.72. The minimum absolute atomic E-state index is 0.110. The topological polar surface area (TPSA) is 67.2 Å². The molecule has 2 fully saturated rings. The van der Waals surface area contributed by atoms with E-state index in [9.17, 15) is 30.4 Å². The second-order valence-electron chi connectivity index (χ2n) is 11.0. The Morgan fingerprint density at radius 3 is 2.58 bits per heavy atom. The van der Waals surface area contributed by atoms with Gasteiger partial charge in [0.05, 0.1) is 16.9 Å². The third-order valence-electron chi connectivity index (χ3n) is 8.45. The lowest BCUT2D eigenvalue weighted by molar-refractivity contribution is -0.136. The number of hydrogen-bond donors (Lipinski definition) is 1. The Morgan fingerprint density at radius 1 is 1.13 bits per heavy atom. The highest BCUT2D eigenvalue weighted by Gasteiger charge is 2.58. The molecule has 1 aliphatic heterocycles. The van der Waals surface area contributed by atoms with Gasteiger partial charge in [0.2, 0.25) is 0 Å². The molecule has 204 valence electrons. The Kier molecular flexibility index (Phi) is 5.90. The van der Waals surface area contributed by atoms with Crippen molar-refractivity contribution in [3.05, 3.63) is 64.9 Å². The van der Waals surface area contributed by atoms with Gasteiger partial charge in [0, 0.05) is 31.1 Å². The minimum atomic E-state index is -4.71. The van der Waals surface area contributed by atoms with Gasteiger partial charge in [-0.3, -0.25) is 4.68 Å². The summed E-state index contributed by atoms with van der Waals surface area (Å²) in [5.41, 5.74) is 1.29. The standard InChI is InChI=1S/C26H27F5N4O2S/c1-34-24(19-6-5-18(27)11-22(19)28)12-23(32-34)20-7-4-17-9-15-2-3-16(8-15)10-21(17)25(20)13-35(14-26(29,30)31)38(36,37)33-25/h4-7,11-12,15-16,20,33H,2-3,8-10,13-14H2,1H3. The molecule has 4 unspecified atom stereocenters. The number of hydrogen-bond acceptors (Lipinski definition) is 3. The van der Waals surface area contributed by atoms with Gasteiger partial charge in [-0.25, -0.2) is 8.78 Å². The number of aromatic nitrogens is 2. The lowest BCUT2D eigenvalue weighted by Gasteiger charge is -2.41. The minimum Gasteiger partial charge on any atom is -0.268 e. The van der Waals surface area contributed by atoms with Gasteiger partial charge in [-0.2, -0.15) is 35.7 Å². The van der Waals surface area contributed by atoms with Crippen molar-refractivity contribution in [1.29, 1.82) is 0 Å². The maximum absolute atomic E-state index is 14.6. The lowest BCUT2D eigenvalue weighted by atomic mass is 9.68. The van der Waals surface area contributed by atoms with Crippen LogP contribution in [0.5, 0.6) is 0 Å². The SMILES string of the molecule is Cn1nc(C2C=CC3=C(CC4CCC(C3)C4)C23CN(CC(F)(F)F)S(=O)(=O)N3)cc1-c1ccc(F)cc1F. The van der Waals surface area contributed by atoms with E-state index < -0.39 is 52.6 Å². The van der Waals surface area contributed by atoms with Crippen LogP contribution in [0.15, 0.2) is 47.6 Å². The Balaban J connectivity index is 1.47. The molecule has 6 nitrogen and oxygen atoms in total. The summed E-state index contributed by atoms with van der Waals surface area (Å²) < 4.78 is 99.2. The largest absolute Gasteiger partial charge is 0.402 e. The van der Waals surface area contributed by atoms with E-state index in [0.717, 1.165) is 49.0 Å². The Hall–Kier alpha value is -2.57. The van der Waals surface area contributed by atoms with Crippen molar-refractivity contribution >= 4 is 10.2 Å². The molecule has 2 heterocycles. The first-order valence-electron chi connectivity index (χ1n) is 12.6. The highest BCUT2D eigenvalue weighted by Crippen LogP contribution is 2.53. The molecule has 38 heavy (non-hydrogen) atoms. The van der Waals surface area contributed by atoms with Gasteiger partial charge in [-0.1, -0.05) is 12.2 Å². The summed E-state index contributed by atoms with van der Waals surface area (Å²) in [5.74, 6) is -1.43. The third kappa shape index (κ3) is 4.30. The number of nitrogens with one attached hydrogen (secondary N) is 1. The van der Waals surface area contributed by atoms with Crippen LogP contribution in [0.1, 0.15) is 43.7 Å². The maximum atomic E-state index is 14.6. The first kappa shape index (κ1) is 25.7. The second-order valence-corrected chi connectivity index (χ2v) is 12.6. The zero-order chi connectivity index (χ0) is 27.0. The van der Waals surface area contributed by atoms with Crippen LogP contribution >= 0.6 is 0 Å². The molecule has 1 saturated heterocycles. The molecule has 0 radical (unpaired) electrons. The normalized spacial score (nSPS) is 30.7. The van der Waals surface area contributed by atoms with Crippen molar-refractivity contribution in [3.8, 4) is 11.3 Å². The number of nitrogens with zero attached hydrogens (tertiary/aromatic N) is 3. The smallest absolute Gasteiger partial charge is 0.268 e. The predicted molar refractivity (Wildman–Crippen MR) is 130 cm³/mol. The number of alkyl halides is 3. The van der Waals surface area contributed by atoms with Gasteiger partial charge in [0.1, 0.15) is 18.2 Å². The van der Waals surface area contributed by atoms with Crippen LogP contribution in [0.25, 0.3) is 11.3 Å². The van der Waals surface area contributed by atoms with E-state index in [1.807, 2.05) is 12.2 Å². The van der Waals surface area contributed by atoms with Crippen molar-refractivity contribution in [2.75, 3.05) is 13.1 Å². The molecule has 4 atom stereocenters. The summed E-state index contributed by atoms with van der Waals surface area (Å²) in [6, 6.07) is 4.79. The Morgan fingerprint density at radius 2 is 1.87 bits per heavy atom. The summed E-state index contributed by atoms with van der Waals surface area (Å²) in [7, 11) is -2.86. The van der Waals surface area contributed by atoms with Gasteiger partial charge >= 0.3 is 6.18 Å². The molecule has 1 spiro atoms. The van der Waals surface area contributed by atoms with Gasteiger partial charge in [-0.15, -0.1) is 0 Å². The predicted octanol–water partition coefficient (Wildman–Crippen LogP) is 4.98. The maximum Gasteiger partial charge on any atom is 0.402 e. The summed E-state index contributed by atoms with van der Waals surface area (Å²) >= 11 is 0. The molecule has 6 rings (SSSR count). The van der Waals surface area contributed by atoms with Gasteiger partial charge in [0.15, 0.2) is 0 Å². The first-order chi connectivity index (χ1) is 17.8. The average molecular weight is 555 g/mol. The van der Waals surface area contributed by atoms with Crippen LogP contribution in [0.3, 0.4) is 0 Å². The van der Waals surface area contributed by atoms with Crippen molar-refractivity contribution in [2.45, 2.75) is 49.7 Å². The van der Waals surface area contributed by atoms with E-state index in [4.69, 9.17) is 0 Å². The van der Waals surface area contributed by atoms with E-state index in [1.54, 1.807) is 13.1 Å². The van der Waals surface area contributed by atoms with E-state index >= 15 is 0 Å². The number of fused-ring (bicyclic) bond motifs is 3. The molecule has 1 N–H and O–H groups in total. The van der Waals surface area contributed by atoms with E-state index in [0.29, 0.717) is 33.9 Å². The third-order valence-corrected chi connectivity index (χ3v) is 10.0. The lowest BCUT2D eigenvalue weighted by Crippen LogP contribution is -2.52. The molecular formula is C26H27F5N4O2S. The van der Waals surface area contributed by atoms with Gasteiger partial charge in [0.25, 0.3) is 10.2 Å². The van der Waals surface area contributed by atoms with Crippen LogP contribution in [-0.2, 0) is 17.3 Å². The molecule has 2 bridgehead atoms. The number of allylic oxidation sites excluding steroid dienone is 2. The van der Waals surface area contributed by atoms with E-state index in [-0.39, 0.29) is 5.56 Å². The molecule has 1 aromatic heterocycles. The zero-order valence-electron chi connectivity index (χ0n) is 20.6. The number of benzene rings is 1. The molecule has 1 aromatic carbocycles. The van der Waals surface area contributed by atoms with Crippen LogP contribution in [0.4, 0.5) is 22.0 Å². The van der Waals surface area contributed by atoms with Gasteiger partial charge in [-0.05, 0) is 73.3 Å². The molecule has 4 aliphatic rings. The van der Waals surface area contributed by atoms with Crippen molar-refractivity contribution < 1.29 is 30.4 Å². The Bertz CT molecular complexity index is 1460. The van der Waals surface area contributed by atoms with E-state index in [1.165, 1.54) is 10.7 Å². The van der Waals surface area contributed by atoms with Crippen molar-refractivity contribution in [1.82, 2.24) is 18.8 Å². The summed E-state index contributed by atoms with van der Waals surface area (Å²) in [4.78, 5) is 0. The number of rotatable bonds is 3. The highest BCUT2D eigenvalue weighted by molar-refractivity contribution is 7.87. The fourth-order valence-electron chi connectivity index (χ4n) is 6.90. The molecule has 3 aliphatic carbocycles. The first-order valence-corrected chi connectivity index (χ1v) is 14.0. The quantitative estimate of drug-likeness (QED) is 0.545. The van der Waals surface area contributed by atoms with E-state index in [2.05, 4.69) is 9.82 Å².